The second-order valence-electron chi connectivity index (χ2n) is 9.15. The van der Waals surface area contributed by atoms with Crippen molar-refractivity contribution in [1.82, 2.24) is 24.3 Å². The van der Waals surface area contributed by atoms with Crippen molar-refractivity contribution in [1.29, 1.82) is 0 Å². The predicted octanol–water partition coefficient (Wildman–Crippen LogP) is 3.36. The highest BCUT2D eigenvalue weighted by molar-refractivity contribution is 5.99. The van der Waals surface area contributed by atoms with Gasteiger partial charge in [-0.05, 0) is 39.0 Å². The summed E-state index contributed by atoms with van der Waals surface area (Å²) < 4.78 is 12.8. The highest BCUT2D eigenvalue weighted by atomic mass is 16.6. The predicted molar refractivity (Wildman–Crippen MR) is 125 cm³/mol. The van der Waals surface area contributed by atoms with E-state index in [9.17, 15) is 19.7 Å². The van der Waals surface area contributed by atoms with Gasteiger partial charge in [0, 0.05) is 44.7 Å². The Hall–Kier alpha value is -4.22. The first-order valence-electron chi connectivity index (χ1n) is 11.0. The average molecular weight is 482 g/mol. The van der Waals surface area contributed by atoms with Crippen LogP contribution in [0.15, 0.2) is 36.7 Å². The fourth-order valence-electron chi connectivity index (χ4n) is 3.72. The van der Waals surface area contributed by atoms with E-state index in [1.807, 2.05) is 32.9 Å². The van der Waals surface area contributed by atoms with Crippen molar-refractivity contribution in [2.75, 3.05) is 26.2 Å². The Labute approximate surface area is 201 Å². The van der Waals surface area contributed by atoms with Crippen molar-refractivity contribution in [2.24, 2.45) is 7.05 Å². The number of carbonyl (C=O) groups is 2. The molecule has 3 aromatic rings. The van der Waals surface area contributed by atoms with E-state index >= 15 is 0 Å². The van der Waals surface area contributed by atoms with E-state index in [2.05, 4.69) is 9.97 Å². The van der Waals surface area contributed by atoms with Gasteiger partial charge in [0.05, 0.1) is 10.4 Å². The number of aromatic nitrogens is 3. The van der Waals surface area contributed by atoms with Gasteiger partial charge in [-0.1, -0.05) is 0 Å². The standard InChI is InChI=1S/C23H26N6O6/c1-23(2,3)35-22(31)28-9-7-27(8-10-28)20(30)19-11-15-5-6-17(12-18(15)26(19)4)34-21-24-13-16(14-25-21)29(32)33/h5-6,11-14H,7-10H2,1-4H3. The fraction of sp³-hybridized carbons (Fsp3) is 0.391. The summed E-state index contributed by atoms with van der Waals surface area (Å²) in [4.78, 5) is 46.7. The molecular weight excluding hydrogens is 456 g/mol. The maximum absolute atomic E-state index is 13.2. The second kappa shape index (κ2) is 9.20. The van der Waals surface area contributed by atoms with Gasteiger partial charge in [0.1, 0.15) is 29.4 Å². The van der Waals surface area contributed by atoms with Crippen LogP contribution in [0.1, 0.15) is 31.3 Å². The summed E-state index contributed by atoms with van der Waals surface area (Å²) in [5.41, 5.74) is 0.473. The lowest BCUT2D eigenvalue weighted by atomic mass is 10.2. The number of ether oxygens (including phenoxy) is 2. The molecular formula is C23H26N6O6. The SMILES string of the molecule is Cn1c(C(=O)N2CCN(C(=O)OC(C)(C)C)CC2)cc2ccc(Oc3ncc([N+](=O)[O-])cn3)cc21. The zero-order valence-corrected chi connectivity index (χ0v) is 19.9. The molecule has 35 heavy (non-hydrogen) atoms. The van der Waals surface area contributed by atoms with Crippen LogP contribution in [0.2, 0.25) is 0 Å². The highest BCUT2D eigenvalue weighted by Gasteiger charge is 2.29. The molecule has 1 saturated heterocycles. The van der Waals surface area contributed by atoms with Gasteiger partial charge in [0.2, 0.25) is 0 Å². The van der Waals surface area contributed by atoms with Crippen LogP contribution in [0.4, 0.5) is 10.5 Å². The first kappa shape index (κ1) is 23.9. The minimum Gasteiger partial charge on any atom is -0.444 e. The highest BCUT2D eigenvalue weighted by Crippen LogP contribution is 2.27. The van der Waals surface area contributed by atoms with Crippen LogP contribution in [0, 0.1) is 10.1 Å². The van der Waals surface area contributed by atoms with Crippen molar-refractivity contribution in [3.05, 3.63) is 52.5 Å². The van der Waals surface area contributed by atoms with E-state index in [0.717, 1.165) is 23.3 Å². The second-order valence-corrected chi connectivity index (χ2v) is 9.15. The lowest BCUT2D eigenvalue weighted by Gasteiger charge is -2.35. The number of fused-ring (bicyclic) bond motifs is 1. The molecule has 0 aliphatic carbocycles. The summed E-state index contributed by atoms with van der Waals surface area (Å²) in [6.07, 6.45) is 1.77. The zero-order valence-electron chi connectivity index (χ0n) is 19.9. The van der Waals surface area contributed by atoms with Crippen molar-refractivity contribution < 1.29 is 24.0 Å². The van der Waals surface area contributed by atoms with Crippen LogP contribution in [0.25, 0.3) is 10.9 Å². The molecule has 0 bridgehead atoms. The lowest BCUT2D eigenvalue weighted by Crippen LogP contribution is -2.51. The number of piperazine rings is 1. The van der Waals surface area contributed by atoms with Crippen molar-refractivity contribution in [2.45, 2.75) is 26.4 Å². The van der Waals surface area contributed by atoms with E-state index in [4.69, 9.17) is 9.47 Å². The molecule has 0 unspecified atom stereocenters. The normalized spacial score (nSPS) is 14.2. The van der Waals surface area contributed by atoms with E-state index in [-0.39, 0.29) is 23.7 Å². The van der Waals surface area contributed by atoms with Gasteiger partial charge in [0.15, 0.2) is 0 Å². The first-order valence-corrected chi connectivity index (χ1v) is 11.0. The molecule has 0 N–H and O–H groups in total. The number of nitro groups is 1. The molecule has 1 aliphatic heterocycles. The van der Waals surface area contributed by atoms with E-state index in [1.54, 1.807) is 33.5 Å². The molecule has 12 heteroatoms. The average Bonchev–Trinajstić information content (AvgIpc) is 3.14. The molecule has 1 fully saturated rings. The van der Waals surface area contributed by atoms with E-state index in [1.165, 1.54) is 0 Å². The van der Waals surface area contributed by atoms with Gasteiger partial charge in [-0.3, -0.25) is 14.9 Å². The van der Waals surface area contributed by atoms with Crippen molar-refractivity contribution >= 4 is 28.6 Å². The molecule has 1 aliphatic rings. The minimum absolute atomic E-state index is 0.0247. The third-order valence-corrected chi connectivity index (χ3v) is 5.49. The molecule has 0 atom stereocenters. The number of amides is 2. The molecule has 12 nitrogen and oxygen atoms in total. The van der Waals surface area contributed by atoms with Crippen molar-refractivity contribution in [3.63, 3.8) is 0 Å². The van der Waals surface area contributed by atoms with Gasteiger partial charge in [0.25, 0.3) is 5.91 Å². The van der Waals surface area contributed by atoms with Crippen LogP contribution >= 0.6 is 0 Å². The molecule has 3 heterocycles. The zero-order chi connectivity index (χ0) is 25.3. The van der Waals surface area contributed by atoms with Gasteiger partial charge in [-0.25, -0.2) is 4.79 Å². The Morgan fingerprint density at radius 3 is 2.26 bits per heavy atom. The Kier molecular flexibility index (Phi) is 6.29. The number of benzene rings is 1. The number of nitrogens with zero attached hydrogens (tertiary/aromatic N) is 6. The Bertz CT molecular complexity index is 1270. The van der Waals surface area contributed by atoms with Gasteiger partial charge in [-0.15, -0.1) is 0 Å². The monoisotopic (exact) mass is 482 g/mol. The summed E-state index contributed by atoms with van der Waals surface area (Å²) in [5, 5.41) is 11.6. The molecule has 0 radical (unpaired) electrons. The van der Waals surface area contributed by atoms with Crippen LogP contribution < -0.4 is 4.74 Å². The summed E-state index contributed by atoms with van der Waals surface area (Å²) >= 11 is 0. The Morgan fingerprint density at radius 1 is 1.03 bits per heavy atom. The smallest absolute Gasteiger partial charge is 0.410 e. The Balaban J connectivity index is 1.45. The van der Waals surface area contributed by atoms with Crippen molar-refractivity contribution in [3.8, 4) is 11.8 Å². The van der Waals surface area contributed by atoms with Crippen LogP contribution in [0.3, 0.4) is 0 Å². The number of rotatable bonds is 4. The fourth-order valence-corrected chi connectivity index (χ4v) is 3.72. The third-order valence-electron chi connectivity index (χ3n) is 5.49. The molecule has 184 valence electrons. The number of aryl methyl sites for hydroxylation is 1. The topological polar surface area (TPSA) is 133 Å². The first-order chi connectivity index (χ1) is 16.5. The largest absolute Gasteiger partial charge is 0.444 e. The number of hydrogen-bond donors (Lipinski definition) is 0. The van der Waals surface area contributed by atoms with Crippen LogP contribution in [0.5, 0.6) is 11.8 Å². The maximum atomic E-state index is 13.2. The van der Waals surface area contributed by atoms with Crippen LogP contribution in [-0.4, -0.2) is 73.0 Å². The molecule has 0 saturated carbocycles. The molecule has 0 spiro atoms. The summed E-state index contributed by atoms with van der Waals surface area (Å²) in [6, 6.07) is 7.05. The third kappa shape index (κ3) is 5.31. The van der Waals surface area contributed by atoms with E-state index in [0.29, 0.717) is 37.6 Å². The van der Waals surface area contributed by atoms with Crippen LogP contribution in [-0.2, 0) is 11.8 Å². The summed E-state index contributed by atoms with van der Waals surface area (Å²) in [6.45, 7) is 7.08. The quantitative estimate of drug-likeness (QED) is 0.408. The number of carbonyl (C=O) groups excluding carboxylic acids is 2. The van der Waals surface area contributed by atoms with Gasteiger partial charge in [-0.2, -0.15) is 9.97 Å². The Morgan fingerprint density at radius 2 is 1.66 bits per heavy atom. The van der Waals surface area contributed by atoms with Gasteiger partial charge < -0.3 is 23.8 Å². The maximum Gasteiger partial charge on any atom is 0.410 e. The lowest BCUT2D eigenvalue weighted by molar-refractivity contribution is -0.385. The minimum atomic E-state index is -0.588. The molecule has 2 aromatic heterocycles. The number of hydrogen-bond acceptors (Lipinski definition) is 8. The summed E-state index contributed by atoms with van der Waals surface area (Å²) in [7, 11) is 1.79. The van der Waals surface area contributed by atoms with E-state index < -0.39 is 10.5 Å². The molecule has 2 amide bonds. The molecule has 4 rings (SSSR count). The summed E-state index contributed by atoms with van der Waals surface area (Å²) in [5.74, 6) is 0.297. The van der Waals surface area contributed by atoms with Gasteiger partial charge >= 0.3 is 17.8 Å². The molecule has 1 aromatic carbocycles.